The molecular weight excluding hydrogens is 709 g/mol. The minimum absolute atomic E-state index is 0.868. The molecule has 0 bridgehead atoms. The first-order valence-corrected chi connectivity index (χ1v) is 19.8. The zero-order valence-electron chi connectivity index (χ0n) is 33.0. The number of nitrogens with zero attached hydrogens (tertiary/aromatic N) is 2. The number of hydrogen-bond acceptors (Lipinski definition) is 4. The summed E-state index contributed by atoms with van der Waals surface area (Å²) in [7, 11) is 0. The first-order chi connectivity index (χ1) is 28.3. The highest BCUT2D eigenvalue weighted by Gasteiger charge is 2.17. The average molecular weight is 751 g/mol. The molecule has 0 saturated heterocycles. The minimum Gasteiger partial charge on any atom is -0.456 e. The molecule has 4 nitrogen and oxygen atoms in total. The molecule has 0 aliphatic carbocycles. The van der Waals surface area contributed by atoms with Crippen molar-refractivity contribution in [3.63, 3.8) is 0 Å². The lowest BCUT2D eigenvalue weighted by molar-refractivity contribution is 0.668. The van der Waals surface area contributed by atoms with Crippen LogP contribution in [0.3, 0.4) is 0 Å². The van der Waals surface area contributed by atoms with Crippen LogP contribution in [0.5, 0.6) is 0 Å². The van der Waals surface area contributed by atoms with Gasteiger partial charge in [-0.25, -0.2) is 0 Å². The third-order valence-corrected chi connectivity index (χ3v) is 11.1. The van der Waals surface area contributed by atoms with E-state index in [0.717, 1.165) is 89.1 Å². The van der Waals surface area contributed by atoms with E-state index in [4.69, 9.17) is 8.83 Å². The van der Waals surface area contributed by atoms with E-state index in [1.807, 2.05) is 0 Å². The molecule has 0 N–H and O–H groups in total. The summed E-state index contributed by atoms with van der Waals surface area (Å²) < 4.78 is 12.7. The lowest BCUT2D eigenvalue weighted by Gasteiger charge is -2.25. The normalized spacial score (nSPS) is 11.7. The van der Waals surface area contributed by atoms with Gasteiger partial charge in [-0.15, -0.1) is 0 Å². The summed E-state index contributed by atoms with van der Waals surface area (Å²) in [4.78, 5) is 4.62. The van der Waals surface area contributed by atoms with Gasteiger partial charge in [-0.1, -0.05) is 95.1 Å². The van der Waals surface area contributed by atoms with Gasteiger partial charge >= 0.3 is 0 Å². The molecule has 0 amide bonds. The maximum atomic E-state index is 6.36. The largest absolute Gasteiger partial charge is 0.456 e. The maximum absolute atomic E-state index is 6.36. The van der Waals surface area contributed by atoms with E-state index in [9.17, 15) is 0 Å². The van der Waals surface area contributed by atoms with Crippen molar-refractivity contribution in [1.29, 1.82) is 0 Å². The Bertz CT molecular complexity index is 2830. The van der Waals surface area contributed by atoms with E-state index in [1.54, 1.807) is 0 Å². The van der Waals surface area contributed by atoms with Crippen molar-refractivity contribution in [3.05, 3.63) is 203 Å². The Hall–Kier alpha value is -7.30. The highest BCUT2D eigenvalue weighted by Crippen LogP contribution is 2.41. The minimum atomic E-state index is 0.868. The van der Waals surface area contributed by atoms with E-state index >= 15 is 0 Å². The summed E-state index contributed by atoms with van der Waals surface area (Å²) in [6.45, 7) is 8.49. The van der Waals surface area contributed by atoms with Crippen molar-refractivity contribution >= 4 is 90.2 Å². The van der Waals surface area contributed by atoms with Gasteiger partial charge in [-0.2, -0.15) is 0 Å². The standard InChI is InChI=1S/C54H42N2O2/c1-35-5-17-41(18-6-35)55(42-19-7-36(2)8-20-42)45-25-29-53-49(33-45)47-31-39(15-27-51(47)57-53)13-14-40-16-28-52-48(32-40)50-34-46(26-30-54(50)58-52)56(43-21-9-37(3)10-22-43)44-23-11-38(4)12-24-44/h5-34H,1-4H3/b14-13+. The van der Waals surface area contributed by atoms with Gasteiger partial charge in [-0.3, -0.25) is 0 Å². The van der Waals surface area contributed by atoms with Crippen molar-refractivity contribution in [3.8, 4) is 0 Å². The molecule has 2 heterocycles. The molecule has 280 valence electrons. The number of aryl methyl sites for hydroxylation is 4. The SMILES string of the molecule is Cc1ccc(N(c2ccc(C)cc2)c2ccc3oc4ccc(/C=C/c5ccc6oc7ccc(N(c8ccc(C)cc8)c8ccc(C)cc8)cc7c6c5)cc4c3c2)cc1. The quantitative estimate of drug-likeness (QED) is 0.145. The predicted octanol–water partition coefficient (Wildman–Crippen LogP) is 15.8. The number of furan rings is 2. The second-order valence-electron chi connectivity index (χ2n) is 15.4. The summed E-state index contributed by atoms with van der Waals surface area (Å²) >= 11 is 0. The van der Waals surface area contributed by atoms with E-state index < -0.39 is 0 Å². The molecule has 0 fully saturated rings. The van der Waals surface area contributed by atoms with E-state index in [1.165, 1.54) is 22.3 Å². The number of benzene rings is 8. The molecule has 0 aliphatic heterocycles. The zero-order chi connectivity index (χ0) is 39.3. The van der Waals surface area contributed by atoms with Crippen LogP contribution in [-0.4, -0.2) is 0 Å². The summed E-state index contributed by atoms with van der Waals surface area (Å²) in [6, 6.07) is 60.6. The van der Waals surface area contributed by atoms with Gasteiger partial charge in [0.25, 0.3) is 0 Å². The molecule has 0 unspecified atom stereocenters. The van der Waals surface area contributed by atoms with Gasteiger partial charge in [0.1, 0.15) is 22.3 Å². The molecule has 0 spiro atoms. The maximum Gasteiger partial charge on any atom is 0.135 e. The van der Waals surface area contributed by atoms with Gasteiger partial charge in [-0.05, 0) is 148 Å². The Kier molecular flexibility index (Phi) is 8.68. The van der Waals surface area contributed by atoms with Crippen LogP contribution in [0, 0.1) is 27.7 Å². The fourth-order valence-electron chi connectivity index (χ4n) is 7.91. The third kappa shape index (κ3) is 6.59. The number of rotatable bonds is 8. The van der Waals surface area contributed by atoms with Crippen molar-refractivity contribution < 1.29 is 8.83 Å². The first-order valence-electron chi connectivity index (χ1n) is 19.8. The third-order valence-electron chi connectivity index (χ3n) is 11.1. The van der Waals surface area contributed by atoms with Crippen LogP contribution in [0.2, 0.25) is 0 Å². The van der Waals surface area contributed by atoms with Gasteiger partial charge < -0.3 is 18.6 Å². The highest BCUT2D eigenvalue weighted by atomic mass is 16.3. The van der Waals surface area contributed by atoms with Gasteiger partial charge in [0.05, 0.1) is 0 Å². The summed E-state index contributed by atoms with van der Waals surface area (Å²) in [5.74, 6) is 0. The van der Waals surface area contributed by atoms with Crippen LogP contribution in [0.15, 0.2) is 179 Å². The molecule has 8 aromatic carbocycles. The molecule has 58 heavy (non-hydrogen) atoms. The van der Waals surface area contributed by atoms with Crippen LogP contribution in [0.25, 0.3) is 56.0 Å². The second-order valence-corrected chi connectivity index (χ2v) is 15.4. The van der Waals surface area contributed by atoms with Crippen LogP contribution in [0.4, 0.5) is 34.1 Å². The van der Waals surface area contributed by atoms with Crippen molar-refractivity contribution in [2.75, 3.05) is 9.80 Å². The Balaban J connectivity index is 1.00. The number of hydrogen-bond donors (Lipinski definition) is 0. The average Bonchev–Trinajstić information content (AvgIpc) is 3.80. The zero-order valence-corrected chi connectivity index (χ0v) is 33.0. The predicted molar refractivity (Wildman–Crippen MR) is 245 cm³/mol. The molecular formula is C54H42N2O2. The van der Waals surface area contributed by atoms with E-state index in [2.05, 4.69) is 220 Å². The van der Waals surface area contributed by atoms with Crippen molar-refractivity contribution in [1.82, 2.24) is 0 Å². The lowest BCUT2D eigenvalue weighted by atomic mass is 10.0. The first kappa shape index (κ1) is 35.1. The second kappa shape index (κ2) is 14.3. The Morgan fingerprint density at radius 1 is 0.293 bits per heavy atom. The molecule has 0 saturated carbocycles. The topological polar surface area (TPSA) is 32.8 Å². The number of anilines is 6. The van der Waals surface area contributed by atoms with Crippen molar-refractivity contribution in [2.24, 2.45) is 0 Å². The van der Waals surface area contributed by atoms with Crippen LogP contribution >= 0.6 is 0 Å². The van der Waals surface area contributed by atoms with Crippen LogP contribution < -0.4 is 9.80 Å². The fraction of sp³-hybridized carbons (Fsp3) is 0.0741. The molecule has 0 radical (unpaired) electrons. The molecule has 10 rings (SSSR count). The Labute approximate surface area is 338 Å². The Morgan fingerprint density at radius 2 is 0.552 bits per heavy atom. The smallest absolute Gasteiger partial charge is 0.135 e. The molecule has 0 aliphatic rings. The lowest BCUT2D eigenvalue weighted by Crippen LogP contribution is -2.09. The molecule has 2 aromatic heterocycles. The fourth-order valence-corrected chi connectivity index (χ4v) is 7.91. The summed E-state index contributed by atoms with van der Waals surface area (Å²) in [5.41, 5.74) is 17.2. The van der Waals surface area contributed by atoms with E-state index in [0.29, 0.717) is 0 Å². The summed E-state index contributed by atoms with van der Waals surface area (Å²) in [6.07, 6.45) is 4.36. The molecule has 10 aromatic rings. The van der Waals surface area contributed by atoms with Gasteiger partial charge in [0.2, 0.25) is 0 Å². The summed E-state index contributed by atoms with van der Waals surface area (Å²) in [5, 5.41) is 4.34. The Morgan fingerprint density at radius 3 is 0.862 bits per heavy atom. The van der Waals surface area contributed by atoms with E-state index in [-0.39, 0.29) is 0 Å². The number of fused-ring (bicyclic) bond motifs is 6. The molecule has 0 atom stereocenters. The highest BCUT2D eigenvalue weighted by molar-refractivity contribution is 6.09. The monoisotopic (exact) mass is 750 g/mol. The molecule has 4 heteroatoms. The van der Waals surface area contributed by atoms with Crippen LogP contribution in [0.1, 0.15) is 33.4 Å². The van der Waals surface area contributed by atoms with Crippen LogP contribution in [-0.2, 0) is 0 Å². The van der Waals surface area contributed by atoms with Crippen molar-refractivity contribution in [2.45, 2.75) is 27.7 Å². The van der Waals surface area contributed by atoms with Gasteiger partial charge in [0.15, 0.2) is 0 Å². The van der Waals surface area contributed by atoms with Gasteiger partial charge in [0, 0.05) is 55.7 Å².